The average Bonchev–Trinajstić information content (AvgIpc) is 2.92. The van der Waals surface area contributed by atoms with Crippen molar-refractivity contribution in [2.24, 2.45) is 0 Å². The molecule has 2 N–H and O–H groups in total. The molecule has 0 radical (unpaired) electrons. The van der Waals surface area contributed by atoms with E-state index in [1.165, 1.54) is 12.8 Å². The van der Waals surface area contributed by atoms with Gasteiger partial charge in [-0.05, 0) is 47.0 Å². The van der Waals surface area contributed by atoms with Gasteiger partial charge in [-0.3, -0.25) is 4.79 Å². The molecule has 0 saturated heterocycles. The lowest BCUT2D eigenvalue weighted by Crippen LogP contribution is -2.38. The molecule has 1 saturated carbocycles. The first-order chi connectivity index (χ1) is 9.13. The normalized spacial score (nSPS) is 15.4. The van der Waals surface area contributed by atoms with Gasteiger partial charge in [0.05, 0.1) is 0 Å². The fraction of sp³-hybridized carbons (Fsp3) is 0.400. The second-order valence-corrected chi connectivity index (χ2v) is 5.78. The molecule has 1 aromatic carbocycles. The van der Waals surface area contributed by atoms with Crippen LogP contribution in [0.1, 0.15) is 36.0 Å². The standard InChI is InChI=1S/C15H19BrN2O/c1-2-9-18(12-5-3-4-6-12)15(19)11-7-8-13(16)14(17)10-11/h2,7-8,10,12H,1,3-6,9,17H2. The van der Waals surface area contributed by atoms with Gasteiger partial charge in [0.25, 0.3) is 5.91 Å². The summed E-state index contributed by atoms with van der Waals surface area (Å²) in [4.78, 5) is 14.5. The number of hydrogen-bond donors (Lipinski definition) is 1. The van der Waals surface area contributed by atoms with E-state index in [1.54, 1.807) is 12.1 Å². The van der Waals surface area contributed by atoms with Gasteiger partial charge in [-0.1, -0.05) is 18.9 Å². The number of nitrogen functional groups attached to an aromatic ring is 1. The zero-order valence-electron chi connectivity index (χ0n) is 10.9. The maximum atomic E-state index is 12.6. The van der Waals surface area contributed by atoms with Gasteiger partial charge in [-0.2, -0.15) is 0 Å². The Morgan fingerprint density at radius 1 is 1.47 bits per heavy atom. The molecule has 0 bridgehead atoms. The third kappa shape index (κ3) is 3.18. The molecule has 19 heavy (non-hydrogen) atoms. The molecule has 0 unspecified atom stereocenters. The number of anilines is 1. The number of carbonyl (C=O) groups is 1. The van der Waals surface area contributed by atoms with Gasteiger partial charge in [0.1, 0.15) is 0 Å². The first-order valence-electron chi connectivity index (χ1n) is 6.60. The highest BCUT2D eigenvalue weighted by atomic mass is 79.9. The van der Waals surface area contributed by atoms with E-state index in [0.29, 0.717) is 23.8 Å². The van der Waals surface area contributed by atoms with Crippen LogP contribution in [0.15, 0.2) is 35.3 Å². The Morgan fingerprint density at radius 2 is 2.16 bits per heavy atom. The first-order valence-corrected chi connectivity index (χ1v) is 7.39. The average molecular weight is 323 g/mol. The van der Waals surface area contributed by atoms with Crippen molar-refractivity contribution in [2.75, 3.05) is 12.3 Å². The molecular weight excluding hydrogens is 304 g/mol. The fourth-order valence-corrected chi connectivity index (χ4v) is 2.84. The fourth-order valence-electron chi connectivity index (χ4n) is 2.60. The maximum Gasteiger partial charge on any atom is 0.254 e. The topological polar surface area (TPSA) is 46.3 Å². The summed E-state index contributed by atoms with van der Waals surface area (Å²) in [6, 6.07) is 5.71. The summed E-state index contributed by atoms with van der Waals surface area (Å²) in [5.41, 5.74) is 7.09. The molecule has 0 spiro atoms. The minimum Gasteiger partial charge on any atom is -0.398 e. The van der Waals surface area contributed by atoms with Crippen molar-refractivity contribution >= 4 is 27.5 Å². The van der Waals surface area contributed by atoms with Crippen LogP contribution in [0.3, 0.4) is 0 Å². The second-order valence-electron chi connectivity index (χ2n) is 4.92. The molecule has 0 heterocycles. The minimum absolute atomic E-state index is 0.0472. The van der Waals surface area contributed by atoms with Gasteiger partial charge in [-0.25, -0.2) is 0 Å². The first kappa shape index (κ1) is 14.1. The molecule has 4 heteroatoms. The SMILES string of the molecule is C=CCN(C(=O)c1ccc(Br)c(N)c1)C1CCCC1. The highest BCUT2D eigenvalue weighted by Gasteiger charge is 2.26. The number of benzene rings is 1. The molecule has 2 rings (SSSR count). The molecule has 1 amide bonds. The maximum absolute atomic E-state index is 12.6. The summed E-state index contributed by atoms with van der Waals surface area (Å²) in [6.07, 6.45) is 6.37. The highest BCUT2D eigenvalue weighted by Crippen LogP contribution is 2.26. The third-order valence-corrected chi connectivity index (χ3v) is 4.32. The molecule has 1 fully saturated rings. The van der Waals surface area contributed by atoms with Gasteiger partial charge in [0.15, 0.2) is 0 Å². The largest absolute Gasteiger partial charge is 0.398 e. The summed E-state index contributed by atoms with van der Waals surface area (Å²) in [5, 5.41) is 0. The van der Waals surface area contributed by atoms with Gasteiger partial charge in [0.2, 0.25) is 0 Å². The predicted octanol–water partition coefficient (Wildman–Crippen LogP) is 3.60. The van der Waals surface area contributed by atoms with Crippen LogP contribution in [0.5, 0.6) is 0 Å². The number of nitrogens with two attached hydrogens (primary N) is 1. The lowest BCUT2D eigenvalue weighted by Gasteiger charge is -2.28. The molecular formula is C15H19BrN2O. The number of hydrogen-bond acceptors (Lipinski definition) is 2. The number of nitrogens with zero attached hydrogens (tertiary/aromatic N) is 1. The van der Waals surface area contributed by atoms with Crippen molar-refractivity contribution in [3.63, 3.8) is 0 Å². The van der Waals surface area contributed by atoms with Crippen molar-refractivity contribution in [1.82, 2.24) is 4.90 Å². The summed E-state index contributed by atoms with van der Waals surface area (Å²) < 4.78 is 0.820. The number of amides is 1. The van der Waals surface area contributed by atoms with E-state index in [0.717, 1.165) is 17.3 Å². The molecule has 1 aliphatic rings. The zero-order chi connectivity index (χ0) is 13.8. The van der Waals surface area contributed by atoms with Gasteiger partial charge < -0.3 is 10.6 Å². The monoisotopic (exact) mass is 322 g/mol. The van der Waals surface area contributed by atoms with Crippen molar-refractivity contribution in [3.05, 3.63) is 40.9 Å². The van der Waals surface area contributed by atoms with Crippen molar-refractivity contribution in [2.45, 2.75) is 31.7 Å². The molecule has 3 nitrogen and oxygen atoms in total. The quantitative estimate of drug-likeness (QED) is 0.680. The van der Waals surface area contributed by atoms with Crippen LogP contribution in [-0.2, 0) is 0 Å². The Labute approximate surface area is 122 Å². The van der Waals surface area contributed by atoms with E-state index in [-0.39, 0.29) is 5.91 Å². The van der Waals surface area contributed by atoms with Crippen molar-refractivity contribution < 1.29 is 4.79 Å². The summed E-state index contributed by atoms with van der Waals surface area (Å²) in [7, 11) is 0. The summed E-state index contributed by atoms with van der Waals surface area (Å²) in [6.45, 7) is 4.35. The second kappa shape index (κ2) is 6.24. The Kier molecular flexibility index (Phi) is 4.64. The van der Waals surface area contributed by atoms with E-state index in [4.69, 9.17) is 5.73 Å². The Hall–Kier alpha value is -1.29. The lowest BCUT2D eigenvalue weighted by molar-refractivity contribution is 0.0706. The van der Waals surface area contributed by atoms with E-state index in [1.807, 2.05) is 17.0 Å². The number of carbonyl (C=O) groups excluding carboxylic acids is 1. The van der Waals surface area contributed by atoms with Crippen molar-refractivity contribution in [3.8, 4) is 0 Å². The Balaban J connectivity index is 2.22. The van der Waals surface area contributed by atoms with E-state index < -0.39 is 0 Å². The minimum atomic E-state index is 0.0472. The number of halogens is 1. The molecule has 1 aliphatic carbocycles. The molecule has 102 valence electrons. The molecule has 0 atom stereocenters. The van der Waals surface area contributed by atoms with Crippen molar-refractivity contribution in [1.29, 1.82) is 0 Å². The Bertz CT molecular complexity index is 481. The van der Waals surface area contributed by atoms with E-state index >= 15 is 0 Å². The van der Waals surface area contributed by atoms with Crippen LogP contribution >= 0.6 is 15.9 Å². The van der Waals surface area contributed by atoms with Crippen LogP contribution in [0, 0.1) is 0 Å². The zero-order valence-corrected chi connectivity index (χ0v) is 12.5. The third-order valence-electron chi connectivity index (χ3n) is 3.60. The van der Waals surface area contributed by atoms with Gasteiger partial charge in [-0.15, -0.1) is 6.58 Å². The smallest absolute Gasteiger partial charge is 0.254 e. The summed E-state index contributed by atoms with van der Waals surface area (Å²) >= 11 is 3.35. The molecule has 0 aliphatic heterocycles. The lowest BCUT2D eigenvalue weighted by atomic mass is 10.1. The Morgan fingerprint density at radius 3 is 2.74 bits per heavy atom. The van der Waals surface area contributed by atoms with E-state index in [2.05, 4.69) is 22.5 Å². The van der Waals surface area contributed by atoms with E-state index in [9.17, 15) is 4.79 Å². The number of rotatable bonds is 4. The highest BCUT2D eigenvalue weighted by molar-refractivity contribution is 9.10. The van der Waals surface area contributed by atoms with Crippen LogP contribution in [0.2, 0.25) is 0 Å². The molecule has 0 aromatic heterocycles. The van der Waals surface area contributed by atoms with Crippen LogP contribution in [-0.4, -0.2) is 23.4 Å². The van der Waals surface area contributed by atoms with Gasteiger partial charge >= 0.3 is 0 Å². The van der Waals surface area contributed by atoms with Crippen LogP contribution in [0.4, 0.5) is 5.69 Å². The summed E-state index contributed by atoms with van der Waals surface area (Å²) in [5.74, 6) is 0.0472. The predicted molar refractivity (Wildman–Crippen MR) is 82.0 cm³/mol. The van der Waals surface area contributed by atoms with Crippen LogP contribution < -0.4 is 5.73 Å². The van der Waals surface area contributed by atoms with Gasteiger partial charge in [0, 0.05) is 28.3 Å². The van der Waals surface area contributed by atoms with Crippen LogP contribution in [0.25, 0.3) is 0 Å². The molecule has 1 aromatic rings.